The van der Waals surface area contributed by atoms with Crippen LogP contribution in [-0.4, -0.2) is 0 Å². The number of hydrogen-bond donors (Lipinski definition) is 0. The van der Waals surface area contributed by atoms with Gasteiger partial charge in [0.1, 0.15) is 0 Å². The summed E-state index contributed by atoms with van der Waals surface area (Å²) in [6.07, 6.45) is 8.33. The number of rotatable bonds is 5. The molecule has 0 bridgehead atoms. The lowest BCUT2D eigenvalue weighted by Gasteiger charge is -2.26. The Balaban J connectivity index is 1.37. The van der Waals surface area contributed by atoms with Crippen molar-refractivity contribution >= 4 is 0 Å². The first-order valence-corrected chi connectivity index (χ1v) is 10.9. The standard InChI is InChI=1S/C28H32/c1-21-3-7-23(8-4-21)9-10-24-11-15-26(16-12-24)28-19-17-27(18-20-28)25-13-5-22(2)6-14-25/h5-6,11-21,23H,3-4,7-10H2,1-2H3. The molecular weight excluding hydrogens is 336 g/mol. The minimum atomic E-state index is 0.949. The predicted octanol–water partition coefficient (Wildman–Crippen LogP) is 8.09. The fourth-order valence-corrected chi connectivity index (χ4v) is 4.45. The topological polar surface area (TPSA) is 0 Å². The van der Waals surface area contributed by atoms with E-state index in [9.17, 15) is 0 Å². The molecule has 3 aromatic carbocycles. The Labute approximate surface area is 170 Å². The zero-order valence-electron chi connectivity index (χ0n) is 17.3. The monoisotopic (exact) mass is 368 g/mol. The first-order valence-electron chi connectivity index (χ1n) is 10.9. The number of aryl methyl sites for hydroxylation is 2. The van der Waals surface area contributed by atoms with E-state index in [1.165, 1.54) is 71.9 Å². The SMILES string of the molecule is Cc1ccc(-c2ccc(-c3ccc(CCC4CCC(C)CC4)cc3)cc2)cc1. The molecule has 0 radical (unpaired) electrons. The molecule has 0 heteroatoms. The highest BCUT2D eigenvalue weighted by Crippen LogP contribution is 2.31. The van der Waals surface area contributed by atoms with Crippen molar-refractivity contribution in [2.45, 2.75) is 52.4 Å². The molecule has 144 valence electrons. The summed E-state index contributed by atoms with van der Waals surface area (Å²) in [5.74, 6) is 1.90. The summed E-state index contributed by atoms with van der Waals surface area (Å²) in [4.78, 5) is 0. The molecule has 0 unspecified atom stereocenters. The maximum atomic E-state index is 2.41. The molecule has 0 aliphatic heterocycles. The van der Waals surface area contributed by atoms with Crippen molar-refractivity contribution in [1.82, 2.24) is 0 Å². The van der Waals surface area contributed by atoms with Gasteiger partial charge in [0.25, 0.3) is 0 Å². The summed E-state index contributed by atoms with van der Waals surface area (Å²) < 4.78 is 0. The van der Waals surface area contributed by atoms with Crippen molar-refractivity contribution < 1.29 is 0 Å². The van der Waals surface area contributed by atoms with Gasteiger partial charge in [-0.05, 0) is 59.4 Å². The van der Waals surface area contributed by atoms with Gasteiger partial charge in [0.05, 0.1) is 0 Å². The van der Waals surface area contributed by atoms with Crippen molar-refractivity contribution in [3.63, 3.8) is 0 Å². The third-order valence-electron chi connectivity index (χ3n) is 6.53. The van der Waals surface area contributed by atoms with Crippen LogP contribution in [0, 0.1) is 18.8 Å². The molecule has 0 amide bonds. The minimum Gasteiger partial charge on any atom is -0.0625 e. The zero-order valence-corrected chi connectivity index (χ0v) is 17.3. The summed E-state index contributed by atoms with van der Waals surface area (Å²) in [7, 11) is 0. The van der Waals surface area contributed by atoms with Crippen molar-refractivity contribution in [3.8, 4) is 22.3 Å². The molecule has 0 atom stereocenters. The zero-order chi connectivity index (χ0) is 19.3. The highest BCUT2D eigenvalue weighted by Gasteiger charge is 2.17. The van der Waals surface area contributed by atoms with Crippen LogP contribution in [0.15, 0.2) is 72.8 Å². The maximum absolute atomic E-state index is 2.41. The minimum absolute atomic E-state index is 0.949. The predicted molar refractivity (Wildman–Crippen MR) is 121 cm³/mol. The number of benzene rings is 3. The first-order chi connectivity index (χ1) is 13.7. The van der Waals surface area contributed by atoms with Crippen molar-refractivity contribution in [2.24, 2.45) is 11.8 Å². The van der Waals surface area contributed by atoms with Crippen LogP contribution < -0.4 is 0 Å². The molecular formula is C28H32. The lowest BCUT2D eigenvalue weighted by Crippen LogP contribution is -2.12. The molecule has 0 aromatic heterocycles. The molecule has 1 aliphatic carbocycles. The normalized spacial score (nSPS) is 19.5. The van der Waals surface area contributed by atoms with Crippen LogP contribution in [0.1, 0.15) is 50.2 Å². The Kier molecular flexibility index (Phi) is 5.95. The van der Waals surface area contributed by atoms with Gasteiger partial charge in [0, 0.05) is 0 Å². The van der Waals surface area contributed by atoms with Crippen LogP contribution in [0.5, 0.6) is 0 Å². The van der Waals surface area contributed by atoms with Gasteiger partial charge in [-0.15, -0.1) is 0 Å². The van der Waals surface area contributed by atoms with Gasteiger partial charge in [-0.2, -0.15) is 0 Å². The Bertz CT molecular complexity index is 861. The second-order valence-corrected chi connectivity index (χ2v) is 8.80. The van der Waals surface area contributed by atoms with E-state index in [4.69, 9.17) is 0 Å². The lowest BCUT2D eigenvalue weighted by atomic mass is 9.80. The summed E-state index contributed by atoms with van der Waals surface area (Å²) >= 11 is 0. The third kappa shape index (κ3) is 4.73. The van der Waals surface area contributed by atoms with Gasteiger partial charge in [-0.3, -0.25) is 0 Å². The van der Waals surface area contributed by atoms with Crippen molar-refractivity contribution in [3.05, 3.63) is 83.9 Å². The lowest BCUT2D eigenvalue weighted by molar-refractivity contribution is 0.278. The Hall–Kier alpha value is -2.34. The summed E-state index contributed by atoms with van der Waals surface area (Å²) in [6, 6.07) is 26.9. The van der Waals surface area contributed by atoms with E-state index < -0.39 is 0 Å². The van der Waals surface area contributed by atoms with E-state index in [0.29, 0.717) is 0 Å². The quantitative estimate of drug-likeness (QED) is 0.427. The van der Waals surface area contributed by atoms with Gasteiger partial charge >= 0.3 is 0 Å². The first kappa shape index (κ1) is 19.0. The van der Waals surface area contributed by atoms with Crippen LogP contribution in [-0.2, 0) is 6.42 Å². The molecule has 0 saturated heterocycles. The molecule has 0 heterocycles. The molecule has 28 heavy (non-hydrogen) atoms. The summed E-state index contributed by atoms with van der Waals surface area (Å²) in [5, 5.41) is 0. The Morgan fingerprint density at radius 3 is 1.54 bits per heavy atom. The average Bonchev–Trinajstić information content (AvgIpc) is 2.74. The van der Waals surface area contributed by atoms with E-state index in [0.717, 1.165) is 11.8 Å². The molecule has 1 saturated carbocycles. The van der Waals surface area contributed by atoms with Crippen LogP contribution in [0.3, 0.4) is 0 Å². The van der Waals surface area contributed by atoms with Crippen molar-refractivity contribution in [1.29, 1.82) is 0 Å². The van der Waals surface area contributed by atoms with E-state index >= 15 is 0 Å². The summed E-state index contributed by atoms with van der Waals surface area (Å²) in [5.41, 5.74) is 7.96. The highest BCUT2D eigenvalue weighted by molar-refractivity contribution is 5.70. The maximum Gasteiger partial charge on any atom is -0.0184 e. The van der Waals surface area contributed by atoms with Crippen LogP contribution >= 0.6 is 0 Å². The fraction of sp³-hybridized carbons (Fsp3) is 0.357. The molecule has 0 nitrogen and oxygen atoms in total. The van der Waals surface area contributed by atoms with Crippen LogP contribution in [0.25, 0.3) is 22.3 Å². The van der Waals surface area contributed by atoms with E-state index in [2.05, 4.69) is 86.6 Å². The van der Waals surface area contributed by atoms with E-state index in [1.54, 1.807) is 0 Å². The molecule has 0 spiro atoms. The fourth-order valence-electron chi connectivity index (χ4n) is 4.45. The molecule has 3 aromatic rings. The Morgan fingerprint density at radius 2 is 1.04 bits per heavy atom. The van der Waals surface area contributed by atoms with Crippen LogP contribution in [0.2, 0.25) is 0 Å². The average molecular weight is 369 g/mol. The van der Waals surface area contributed by atoms with E-state index in [1.807, 2.05) is 0 Å². The van der Waals surface area contributed by atoms with Gasteiger partial charge in [-0.1, -0.05) is 111 Å². The molecule has 1 aliphatic rings. The highest BCUT2D eigenvalue weighted by atomic mass is 14.2. The van der Waals surface area contributed by atoms with Crippen LogP contribution in [0.4, 0.5) is 0 Å². The van der Waals surface area contributed by atoms with E-state index in [-0.39, 0.29) is 0 Å². The number of hydrogen-bond acceptors (Lipinski definition) is 0. The van der Waals surface area contributed by atoms with Gasteiger partial charge < -0.3 is 0 Å². The molecule has 4 rings (SSSR count). The largest absolute Gasteiger partial charge is 0.0625 e. The van der Waals surface area contributed by atoms with Crippen molar-refractivity contribution in [2.75, 3.05) is 0 Å². The second-order valence-electron chi connectivity index (χ2n) is 8.80. The molecule has 0 N–H and O–H groups in total. The van der Waals surface area contributed by atoms with Gasteiger partial charge in [0.2, 0.25) is 0 Å². The molecule has 1 fully saturated rings. The smallest absolute Gasteiger partial charge is 0.0184 e. The van der Waals surface area contributed by atoms with Gasteiger partial charge in [-0.25, -0.2) is 0 Å². The Morgan fingerprint density at radius 1 is 0.607 bits per heavy atom. The van der Waals surface area contributed by atoms with Gasteiger partial charge in [0.15, 0.2) is 0 Å². The second kappa shape index (κ2) is 8.78. The third-order valence-corrected chi connectivity index (χ3v) is 6.53. The summed E-state index contributed by atoms with van der Waals surface area (Å²) in [6.45, 7) is 4.54.